The minimum atomic E-state index is -0.945. The lowest BCUT2D eigenvalue weighted by Gasteiger charge is -2.20. The van der Waals surface area contributed by atoms with Crippen LogP contribution in [0.3, 0.4) is 0 Å². The first-order valence-corrected chi connectivity index (χ1v) is 8.62. The van der Waals surface area contributed by atoms with E-state index in [1.807, 2.05) is 6.07 Å². The van der Waals surface area contributed by atoms with Crippen LogP contribution in [0.15, 0.2) is 64.9 Å². The summed E-state index contributed by atoms with van der Waals surface area (Å²) in [5.74, 6) is -0.663. The molecule has 2 aromatic carbocycles. The molecule has 0 radical (unpaired) electrons. The van der Waals surface area contributed by atoms with Gasteiger partial charge in [-0.05, 0) is 36.4 Å². The summed E-state index contributed by atoms with van der Waals surface area (Å²) in [6.07, 6.45) is 0. The van der Waals surface area contributed by atoms with Gasteiger partial charge in [-0.1, -0.05) is 23.4 Å². The maximum atomic E-state index is 12.9. The van der Waals surface area contributed by atoms with E-state index in [-0.39, 0.29) is 12.5 Å². The van der Waals surface area contributed by atoms with Gasteiger partial charge in [0.25, 0.3) is 11.8 Å². The molecule has 4 rings (SSSR count). The molecule has 0 bridgehead atoms. The van der Waals surface area contributed by atoms with E-state index in [0.29, 0.717) is 17.1 Å². The largest absolute Gasteiger partial charge is 0.497 e. The van der Waals surface area contributed by atoms with Crippen molar-refractivity contribution in [1.82, 2.24) is 5.01 Å². The molecule has 9 nitrogen and oxygen atoms in total. The average molecular weight is 379 g/mol. The number of nitrogens with zero attached hydrogens (tertiary/aromatic N) is 4. The smallest absolute Gasteiger partial charge is 0.263 e. The number of nitrogens with one attached hydrogen (secondary N) is 1. The van der Waals surface area contributed by atoms with E-state index in [1.54, 1.807) is 48.5 Å². The van der Waals surface area contributed by atoms with Crippen LogP contribution in [0.1, 0.15) is 0 Å². The van der Waals surface area contributed by atoms with Crippen molar-refractivity contribution in [2.45, 2.75) is 12.1 Å². The summed E-state index contributed by atoms with van der Waals surface area (Å²) >= 11 is 0. The average Bonchev–Trinajstić information content (AvgIpc) is 3.22. The lowest BCUT2D eigenvalue weighted by molar-refractivity contribution is -0.123. The highest BCUT2D eigenvalue weighted by Crippen LogP contribution is 2.32. The van der Waals surface area contributed by atoms with Crippen molar-refractivity contribution >= 4 is 29.1 Å². The van der Waals surface area contributed by atoms with Crippen molar-refractivity contribution in [3.63, 3.8) is 0 Å². The summed E-state index contributed by atoms with van der Waals surface area (Å²) in [4.78, 5) is 38.9. The number of rotatable bonds is 5. The molecule has 142 valence electrons. The van der Waals surface area contributed by atoms with Gasteiger partial charge in [-0.15, -0.1) is 0 Å². The number of fused-ring (bicyclic) bond motifs is 1. The second kappa shape index (κ2) is 7.10. The monoisotopic (exact) mass is 379 g/mol. The highest BCUT2D eigenvalue weighted by Gasteiger charge is 2.55. The van der Waals surface area contributed by atoms with E-state index < -0.39 is 23.9 Å². The highest BCUT2D eigenvalue weighted by molar-refractivity contribution is 6.25. The van der Waals surface area contributed by atoms with Crippen molar-refractivity contribution in [2.75, 3.05) is 23.9 Å². The summed E-state index contributed by atoms with van der Waals surface area (Å²) in [7, 11) is 1.53. The number of ether oxygens (including phenoxy) is 1. The van der Waals surface area contributed by atoms with Crippen molar-refractivity contribution in [1.29, 1.82) is 0 Å². The van der Waals surface area contributed by atoms with Crippen LogP contribution in [-0.2, 0) is 14.4 Å². The third-order valence-electron chi connectivity index (χ3n) is 4.55. The van der Waals surface area contributed by atoms with Crippen LogP contribution >= 0.6 is 0 Å². The fourth-order valence-corrected chi connectivity index (χ4v) is 3.21. The predicted molar refractivity (Wildman–Crippen MR) is 99.7 cm³/mol. The molecule has 9 heteroatoms. The van der Waals surface area contributed by atoms with Crippen molar-refractivity contribution in [2.24, 2.45) is 10.3 Å². The Bertz CT molecular complexity index is 945. The van der Waals surface area contributed by atoms with Gasteiger partial charge in [-0.2, -0.15) is 5.11 Å². The molecule has 2 heterocycles. The number of carbonyl (C=O) groups is 3. The number of imide groups is 1. The van der Waals surface area contributed by atoms with Crippen molar-refractivity contribution in [3.05, 3.63) is 54.6 Å². The number of methoxy groups -OCH3 is 1. The van der Waals surface area contributed by atoms with E-state index in [4.69, 9.17) is 4.74 Å². The Morgan fingerprint density at radius 1 is 1.07 bits per heavy atom. The van der Waals surface area contributed by atoms with Gasteiger partial charge < -0.3 is 10.1 Å². The molecule has 2 aliphatic heterocycles. The van der Waals surface area contributed by atoms with Gasteiger partial charge >= 0.3 is 0 Å². The van der Waals surface area contributed by atoms with E-state index in [0.717, 1.165) is 4.90 Å². The van der Waals surface area contributed by atoms with Crippen LogP contribution < -0.4 is 15.0 Å². The summed E-state index contributed by atoms with van der Waals surface area (Å²) in [5, 5.41) is 11.8. The van der Waals surface area contributed by atoms with Crippen LogP contribution in [-0.4, -0.2) is 48.5 Å². The molecule has 28 heavy (non-hydrogen) atoms. The fourth-order valence-electron chi connectivity index (χ4n) is 3.21. The Kier molecular flexibility index (Phi) is 4.48. The number of benzene rings is 2. The Labute approximate surface area is 160 Å². The van der Waals surface area contributed by atoms with Crippen LogP contribution in [0.25, 0.3) is 0 Å². The Morgan fingerprint density at radius 3 is 2.46 bits per heavy atom. The molecular weight excluding hydrogens is 362 g/mol. The zero-order valence-corrected chi connectivity index (χ0v) is 15.0. The van der Waals surface area contributed by atoms with Crippen LogP contribution in [0.4, 0.5) is 11.4 Å². The van der Waals surface area contributed by atoms with Crippen LogP contribution in [0.2, 0.25) is 0 Å². The minimum Gasteiger partial charge on any atom is -0.497 e. The first-order chi connectivity index (χ1) is 13.6. The minimum absolute atomic E-state index is 0.185. The number of hydrogen-bond donors (Lipinski definition) is 1. The summed E-state index contributed by atoms with van der Waals surface area (Å²) < 4.78 is 5.10. The summed E-state index contributed by atoms with van der Waals surface area (Å²) in [6, 6.07) is 13.6. The molecule has 1 fully saturated rings. The van der Waals surface area contributed by atoms with E-state index in [9.17, 15) is 14.4 Å². The van der Waals surface area contributed by atoms with Gasteiger partial charge in [-0.3, -0.25) is 19.4 Å². The molecular formula is C19H17N5O4. The van der Waals surface area contributed by atoms with E-state index >= 15 is 0 Å². The molecule has 1 N–H and O–H groups in total. The number of anilines is 2. The van der Waals surface area contributed by atoms with Gasteiger partial charge in [-0.25, -0.2) is 4.90 Å². The lowest BCUT2D eigenvalue weighted by Crippen LogP contribution is -2.43. The Hall–Kier alpha value is -3.75. The zero-order chi connectivity index (χ0) is 19.7. The molecule has 0 spiro atoms. The standard InChI is InChI=1S/C19H17N5O4/c1-28-14-9-7-13(8-10-14)24-18(26)16-17(19(24)27)23(22-21-16)11-15(25)20-12-5-3-2-4-6-12/h2-10,16-17H,11H2,1H3,(H,20,25)/t16-,17-/m0/s1. The predicted octanol–water partition coefficient (Wildman–Crippen LogP) is 1.63. The zero-order valence-electron chi connectivity index (χ0n) is 15.0. The van der Waals surface area contributed by atoms with E-state index in [1.165, 1.54) is 12.1 Å². The first-order valence-electron chi connectivity index (χ1n) is 8.62. The van der Waals surface area contributed by atoms with Gasteiger partial charge in [0.15, 0.2) is 12.1 Å². The molecule has 2 atom stereocenters. The van der Waals surface area contributed by atoms with Gasteiger partial charge in [0, 0.05) is 5.69 Å². The molecule has 0 aromatic heterocycles. The molecule has 0 aliphatic carbocycles. The number of hydrogen-bond acceptors (Lipinski definition) is 7. The normalized spacial score (nSPS) is 20.5. The highest BCUT2D eigenvalue weighted by atomic mass is 16.5. The van der Waals surface area contributed by atoms with Crippen molar-refractivity contribution < 1.29 is 19.1 Å². The lowest BCUT2D eigenvalue weighted by atomic mass is 10.1. The number of amides is 3. The number of para-hydroxylation sites is 1. The Morgan fingerprint density at radius 2 is 1.79 bits per heavy atom. The second-order valence-corrected chi connectivity index (χ2v) is 6.32. The van der Waals surface area contributed by atoms with Crippen LogP contribution in [0, 0.1) is 0 Å². The Balaban J connectivity index is 1.48. The van der Waals surface area contributed by atoms with Gasteiger partial charge in [0.05, 0.1) is 12.8 Å². The number of carbonyl (C=O) groups excluding carboxylic acids is 3. The maximum Gasteiger partial charge on any atom is 0.263 e. The molecule has 3 amide bonds. The molecule has 0 saturated carbocycles. The second-order valence-electron chi connectivity index (χ2n) is 6.32. The van der Waals surface area contributed by atoms with Gasteiger partial charge in [0.2, 0.25) is 5.91 Å². The van der Waals surface area contributed by atoms with Gasteiger partial charge in [0.1, 0.15) is 12.3 Å². The quantitative estimate of drug-likeness (QED) is 0.795. The first kappa shape index (κ1) is 17.7. The SMILES string of the molecule is COc1ccc(N2C(=O)[C@H]3N=NN(CC(=O)Nc4ccccc4)[C@@H]3C2=O)cc1. The van der Waals surface area contributed by atoms with Crippen LogP contribution in [0.5, 0.6) is 5.75 Å². The molecule has 2 aliphatic rings. The third-order valence-corrected chi connectivity index (χ3v) is 4.55. The summed E-state index contributed by atoms with van der Waals surface area (Å²) in [5.41, 5.74) is 1.06. The maximum absolute atomic E-state index is 12.9. The molecule has 1 saturated heterocycles. The van der Waals surface area contributed by atoms with E-state index in [2.05, 4.69) is 15.7 Å². The fraction of sp³-hybridized carbons (Fsp3) is 0.211. The van der Waals surface area contributed by atoms with Crippen molar-refractivity contribution in [3.8, 4) is 5.75 Å². The topological polar surface area (TPSA) is 104 Å². The third kappa shape index (κ3) is 3.07. The summed E-state index contributed by atoms with van der Waals surface area (Å²) in [6.45, 7) is -0.185. The molecule has 2 aromatic rings. The molecule has 0 unspecified atom stereocenters.